The molecular weight excluding hydrogens is 552 g/mol. The molecule has 0 saturated heterocycles. The first-order chi connectivity index (χ1) is 21.9. The number of hydrogen-bond acceptors (Lipinski definition) is 4. The van der Waals surface area contributed by atoms with E-state index in [1.54, 1.807) is 0 Å². The van der Waals surface area contributed by atoms with Crippen LogP contribution in [0.15, 0.2) is 97.1 Å². The maximum atomic E-state index is 9.47. The van der Waals surface area contributed by atoms with Gasteiger partial charge < -0.3 is 9.47 Å². The number of nitriles is 2. The van der Waals surface area contributed by atoms with Gasteiger partial charge in [0.1, 0.15) is 11.5 Å². The topological polar surface area (TPSA) is 66.0 Å². The van der Waals surface area contributed by atoms with Gasteiger partial charge in [-0.15, -0.1) is 10.5 Å². The lowest BCUT2D eigenvalue weighted by Crippen LogP contribution is -2.64. The Hall–Kier alpha value is -4.54. The van der Waals surface area contributed by atoms with E-state index in [1.807, 2.05) is 61.0 Å². The minimum Gasteiger partial charge on any atom is -0.387 e. The molecule has 8 rings (SSSR count). The molecule has 4 aromatic carbocycles. The van der Waals surface area contributed by atoms with Gasteiger partial charge in [-0.2, -0.15) is 0 Å². The summed E-state index contributed by atoms with van der Waals surface area (Å²) in [7, 11) is 0. The van der Waals surface area contributed by atoms with Crippen LogP contribution in [0.25, 0.3) is 22.3 Å². The molecule has 0 radical (unpaired) electrons. The van der Waals surface area contributed by atoms with Gasteiger partial charge in [0.05, 0.1) is 0 Å². The molecule has 0 amide bonds. The summed E-state index contributed by atoms with van der Waals surface area (Å²) in [6, 6.07) is 33.9. The van der Waals surface area contributed by atoms with Gasteiger partial charge in [0, 0.05) is 11.1 Å². The van der Waals surface area contributed by atoms with E-state index in [4.69, 9.17) is 9.47 Å². The fraction of sp³-hybridized carbons (Fsp3) is 0.366. The van der Waals surface area contributed by atoms with E-state index in [0.29, 0.717) is 11.5 Å². The predicted molar refractivity (Wildman–Crippen MR) is 177 cm³/mol. The molecule has 4 heteroatoms. The van der Waals surface area contributed by atoms with Crippen molar-refractivity contribution in [1.82, 2.24) is 0 Å². The number of hydrogen-bond donors (Lipinski definition) is 0. The third-order valence-electron chi connectivity index (χ3n) is 11.5. The third-order valence-corrected chi connectivity index (χ3v) is 11.5. The largest absolute Gasteiger partial charge is 0.387 e. The Morgan fingerprint density at radius 1 is 0.578 bits per heavy atom. The van der Waals surface area contributed by atoms with Crippen LogP contribution in [-0.4, -0.2) is 0 Å². The van der Waals surface area contributed by atoms with Crippen molar-refractivity contribution in [2.45, 2.75) is 82.5 Å². The summed E-state index contributed by atoms with van der Waals surface area (Å²) >= 11 is 0. The van der Waals surface area contributed by atoms with Gasteiger partial charge in [0.2, 0.25) is 0 Å². The van der Waals surface area contributed by atoms with Crippen LogP contribution in [0.5, 0.6) is 11.5 Å². The molecule has 0 aliphatic heterocycles. The van der Waals surface area contributed by atoms with Crippen LogP contribution < -0.4 is 9.47 Å². The van der Waals surface area contributed by atoms with Crippen molar-refractivity contribution in [3.8, 4) is 46.3 Å². The summed E-state index contributed by atoms with van der Waals surface area (Å²) < 4.78 is 11.0. The first kappa shape index (κ1) is 29.2. The lowest BCUT2D eigenvalue weighted by atomic mass is 9.33. The molecule has 0 heterocycles. The van der Waals surface area contributed by atoms with E-state index in [2.05, 4.69) is 62.4 Å². The van der Waals surface area contributed by atoms with Crippen molar-refractivity contribution in [1.29, 1.82) is 10.5 Å². The van der Waals surface area contributed by atoms with Crippen LogP contribution in [-0.2, 0) is 10.8 Å². The molecule has 0 aromatic heterocycles. The van der Waals surface area contributed by atoms with Gasteiger partial charge in [0.15, 0.2) is 0 Å². The Balaban J connectivity index is 1.42. The second-order valence-corrected chi connectivity index (χ2v) is 14.3. The van der Waals surface area contributed by atoms with E-state index in [1.165, 1.54) is 62.5 Å². The zero-order chi connectivity index (χ0) is 31.1. The van der Waals surface area contributed by atoms with Crippen LogP contribution in [0.3, 0.4) is 0 Å². The van der Waals surface area contributed by atoms with E-state index >= 15 is 0 Å². The minimum atomic E-state index is 0.0172. The van der Waals surface area contributed by atoms with Gasteiger partial charge in [-0.25, -0.2) is 0 Å². The quantitative estimate of drug-likeness (QED) is 0.181. The minimum absolute atomic E-state index is 0.0172. The molecule has 2 unspecified atom stereocenters. The second-order valence-electron chi connectivity index (χ2n) is 14.3. The lowest BCUT2D eigenvalue weighted by Gasteiger charge is -2.71. The van der Waals surface area contributed by atoms with E-state index in [-0.39, 0.29) is 21.7 Å². The van der Waals surface area contributed by atoms with E-state index in [9.17, 15) is 10.5 Å². The monoisotopic (exact) mass is 592 g/mol. The van der Waals surface area contributed by atoms with Gasteiger partial charge in [-0.3, -0.25) is 0 Å². The van der Waals surface area contributed by atoms with Gasteiger partial charge >= 0.3 is 0 Å². The van der Waals surface area contributed by atoms with Crippen molar-refractivity contribution >= 4 is 0 Å². The molecule has 0 N–H and O–H groups in total. The van der Waals surface area contributed by atoms with Crippen LogP contribution >= 0.6 is 0 Å². The fourth-order valence-corrected chi connectivity index (χ4v) is 10.5. The Kier molecular flexibility index (Phi) is 7.21. The van der Waals surface area contributed by atoms with Crippen molar-refractivity contribution in [3.63, 3.8) is 0 Å². The van der Waals surface area contributed by atoms with Crippen LogP contribution in [0.4, 0.5) is 0 Å². The zero-order valence-electron chi connectivity index (χ0n) is 26.3. The summed E-state index contributed by atoms with van der Waals surface area (Å²) in [5.74, 6) is 1.22. The second kappa shape index (κ2) is 11.1. The van der Waals surface area contributed by atoms with Crippen LogP contribution in [0.1, 0.15) is 82.8 Å². The predicted octanol–water partition coefficient (Wildman–Crippen LogP) is 10.5. The molecule has 4 bridgehead atoms. The number of rotatable bonds is 9. The standard InChI is InChI=1S/C41H40N2O2/c1-3-19-39-22-38(4-2)23-40(25-39,32-15-17-36(44-28-42)34(20-32)30-11-7-5-8-12-30)27-41(24-38,26-39)33-16-18-37(45-29-43)35(21-33)31-13-9-6-10-14-31/h5-18,20-21H,3-4,19,22-27H2,1-2H3. The molecule has 4 aliphatic rings. The smallest absolute Gasteiger partial charge is 0.292 e. The Morgan fingerprint density at radius 2 is 1.04 bits per heavy atom. The average molecular weight is 593 g/mol. The number of nitrogens with zero attached hydrogens (tertiary/aromatic N) is 2. The Labute approximate surface area is 267 Å². The molecule has 4 aromatic rings. The highest BCUT2D eigenvalue weighted by molar-refractivity contribution is 5.73. The highest BCUT2D eigenvalue weighted by Crippen LogP contribution is 2.76. The summed E-state index contributed by atoms with van der Waals surface area (Å²) in [6.07, 6.45) is 14.6. The summed E-state index contributed by atoms with van der Waals surface area (Å²) in [6.45, 7) is 4.76. The summed E-state index contributed by atoms with van der Waals surface area (Å²) in [4.78, 5) is 0. The van der Waals surface area contributed by atoms with Gasteiger partial charge in [-0.05, 0) is 113 Å². The molecule has 4 aliphatic carbocycles. The molecule has 45 heavy (non-hydrogen) atoms. The van der Waals surface area contributed by atoms with Crippen molar-refractivity contribution in [2.75, 3.05) is 0 Å². The molecule has 4 fully saturated rings. The lowest BCUT2D eigenvalue weighted by molar-refractivity contribution is -0.146. The third kappa shape index (κ3) is 4.89. The van der Waals surface area contributed by atoms with Gasteiger partial charge in [-0.1, -0.05) is 99.5 Å². The van der Waals surface area contributed by atoms with Crippen molar-refractivity contribution < 1.29 is 9.47 Å². The Bertz CT molecular complexity index is 1680. The first-order valence-electron chi connectivity index (χ1n) is 16.4. The maximum absolute atomic E-state index is 9.47. The normalized spacial score (nSPS) is 27.8. The zero-order valence-corrected chi connectivity index (χ0v) is 26.3. The van der Waals surface area contributed by atoms with Gasteiger partial charge in [0.25, 0.3) is 12.5 Å². The number of benzene rings is 4. The maximum Gasteiger partial charge on any atom is 0.292 e. The molecule has 0 spiro atoms. The molecule has 226 valence electrons. The van der Waals surface area contributed by atoms with E-state index < -0.39 is 0 Å². The average Bonchev–Trinajstić information content (AvgIpc) is 3.05. The first-order valence-corrected chi connectivity index (χ1v) is 16.4. The number of ether oxygens (including phenoxy) is 2. The molecular formula is C41H40N2O2. The molecule has 2 atom stereocenters. The highest BCUT2D eigenvalue weighted by Gasteiger charge is 2.67. The summed E-state index contributed by atoms with van der Waals surface area (Å²) in [5.41, 5.74) is 7.42. The van der Waals surface area contributed by atoms with Crippen LogP contribution in [0.2, 0.25) is 0 Å². The summed E-state index contributed by atoms with van der Waals surface area (Å²) in [5, 5.41) is 18.9. The molecule has 4 nitrogen and oxygen atoms in total. The fourth-order valence-electron chi connectivity index (χ4n) is 10.5. The van der Waals surface area contributed by atoms with Crippen molar-refractivity contribution in [3.05, 3.63) is 108 Å². The van der Waals surface area contributed by atoms with Crippen molar-refractivity contribution in [2.24, 2.45) is 10.8 Å². The van der Waals surface area contributed by atoms with E-state index in [0.717, 1.165) is 28.7 Å². The highest BCUT2D eigenvalue weighted by atomic mass is 16.5. The van der Waals surface area contributed by atoms with Crippen LogP contribution in [0, 0.1) is 33.9 Å². The Morgan fingerprint density at radius 3 is 1.47 bits per heavy atom. The SMILES string of the molecule is CCCC12CC3(CC)CC(c4ccc(OC#N)c(-c5ccccc5)c4)(C1)CC(c1ccc(OC#N)c(-c4ccccc4)c1)(C3)C2. The molecule has 4 saturated carbocycles.